The van der Waals surface area contributed by atoms with Crippen LogP contribution in [0.4, 0.5) is 10.1 Å². The van der Waals surface area contributed by atoms with Crippen LogP contribution in [0, 0.1) is 15.9 Å². The van der Waals surface area contributed by atoms with Crippen LogP contribution in [-0.4, -0.2) is 16.9 Å². The molecule has 0 aromatic heterocycles. The van der Waals surface area contributed by atoms with Crippen molar-refractivity contribution in [2.75, 3.05) is 0 Å². The van der Waals surface area contributed by atoms with E-state index in [1.165, 1.54) is 0 Å². The molecule has 0 heterocycles. The molecule has 1 N–H and O–H groups in total. The summed E-state index contributed by atoms with van der Waals surface area (Å²) in [6.07, 6.45) is 5.10. The van der Waals surface area contributed by atoms with Gasteiger partial charge < -0.3 is 5.32 Å². The largest absolute Gasteiger partial charge is 0.349 e. The molecule has 0 aliphatic heterocycles. The Hall–Kier alpha value is -1.98. The lowest BCUT2D eigenvalue weighted by Gasteiger charge is -2.22. The summed E-state index contributed by atoms with van der Waals surface area (Å²) in [6, 6.07) is 3.15. The molecular weight excluding hydrogens is 251 g/mol. The molecule has 19 heavy (non-hydrogen) atoms. The summed E-state index contributed by atoms with van der Waals surface area (Å²) in [5.74, 6) is -1.36. The molecule has 0 saturated heterocycles. The second-order valence-electron chi connectivity index (χ2n) is 4.73. The second-order valence-corrected chi connectivity index (χ2v) is 4.73. The lowest BCUT2D eigenvalue weighted by Crippen LogP contribution is -2.36. The molecule has 1 aromatic carbocycles. The van der Waals surface area contributed by atoms with Gasteiger partial charge in [-0.2, -0.15) is 0 Å². The molecule has 1 amide bonds. The van der Waals surface area contributed by atoms with Crippen molar-refractivity contribution in [1.29, 1.82) is 0 Å². The van der Waals surface area contributed by atoms with E-state index in [-0.39, 0.29) is 17.3 Å². The van der Waals surface area contributed by atoms with Crippen molar-refractivity contribution in [3.63, 3.8) is 0 Å². The number of benzene rings is 1. The first kappa shape index (κ1) is 13.5. The van der Waals surface area contributed by atoms with E-state index < -0.39 is 16.6 Å². The molecule has 6 heteroatoms. The fraction of sp³-hybridized carbons (Fsp3) is 0.462. The zero-order valence-electron chi connectivity index (χ0n) is 10.4. The molecule has 1 aromatic rings. The van der Waals surface area contributed by atoms with E-state index in [4.69, 9.17) is 0 Å². The second kappa shape index (κ2) is 5.77. The van der Waals surface area contributed by atoms with Crippen molar-refractivity contribution in [2.24, 2.45) is 0 Å². The number of non-ortho nitro benzene ring substituents is 1. The Balaban J connectivity index is 2.08. The van der Waals surface area contributed by atoms with Gasteiger partial charge in [0.15, 0.2) is 0 Å². The number of nitro benzene ring substituents is 1. The molecule has 0 unspecified atom stereocenters. The summed E-state index contributed by atoms with van der Waals surface area (Å²) in [6.45, 7) is 0. The average Bonchev–Trinajstić information content (AvgIpc) is 2.39. The van der Waals surface area contributed by atoms with Gasteiger partial charge in [0.05, 0.1) is 16.6 Å². The predicted octanol–water partition coefficient (Wildman–Crippen LogP) is 2.80. The molecule has 1 aliphatic rings. The third-order valence-electron chi connectivity index (χ3n) is 3.35. The van der Waals surface area contributed by atoms with Crippen LogP contribution in [0.5, 0.6) is 0 Å². The number of hydrogen-bond donors (Lipinski definition) is 1. The van der Waals surface area contributed by atoms with Crippen LogP contribution in [0.2, 0.25) is 0 Å². The highest BCUT2D eigenvalue weighted by atomic mass is 19.1. The van der Waals surface area contributed by atoms with E-state index in [1.807, 2.05) is 0 Å². The molecule has 5 nitrogen and oxygen atoms in total. The maximum atomic E-state index is 13.6. The molecule has 0 radical (unpaired) electrons. The molecule has 102 valence electrons. The van der Waals surface area contributed by atoms with Crippen LogP contribution in [0.15, 0.2) is 18.2 Å². The van der Waals surface area contributed by atoms with Crippen LogP contribution in [0.1, 0.15) is 42.5 Å². The maximum Gasteiger partial charge on any atom is 0.272 e. The van der Waals surface area contributed by atoms with Crippen molar-refractivity contribution < 1.29 is 14.1 Å². The number of nitro groups is 1. The number of hydrogen-bond acceptors (Lipinski definition) is 3. The van der Waals surface area contributed by atoms with Gasteiger partial charge in [-0.15, -0.1) is 0 Å². The van der Waals surface area contributed by atoms with Crippen LogP contribution < -0.4 is 5.32 Å². The first-order chi connectivity index (χ1) is 9.08. The van der Waals surface area contributed by atoms with Crippen molar-refractivity contribution in [3.8, 4) is 0 Å². The molecular formula is C13H15FN2O3. The molecule has 0 bridgehead atoms. The highest BCUT2D eigenvalue weighted by Gasteiger charge is 2.20. The van der Waals surface area contributed by atoms with Crippen molar-refractivity contribution >= 4 is 11.6 Å². The van der Waals surface area contributed by atoms with Gasteiger partial charge in [0.25, 0.3) is 11.6 Å². The number of carbonyl (C=O) groups excluding carboxylic acids is 1. The summed E-state index contributed by atoms with van der Waals surface area (Å²) < 4.78 is 13.6. The van der Waals surface area contributed by atoms with Crippen molar-refractivity contribution in [3.05, 3.63) is 39.7 Å². The first-order valence-electron chi connectivity index (χ1n) is 6.33. The number of nitrogens with one attached hydrogen (secondary N) is 1. The van der Waals surface area contributed by atoms with Gasteiger partial charge >= 0.3 is 0 Å². The molecule has 1 saturated carbocycles. The van der Waals surface area contributed by atoms with Crippen LogP contribution in [-0.2, 0) is 0 Å². The Bertz CT molecular complexity index is 499. The Morgan fingerprint density at radius 2 is 2.00 bits per heavy atom. The maximum absolute atomic E-state index is 13.6. The van der Waals surface area contributed by atoms with Gasteiger partial charge in [0.1, 0.15) is 5.82 Å². The van der Waals surface area contributed by atoms with Crippen LogP contribution in [0.3, 0.4) is 0 Å². The van der Waals surface area contributed by atoms with Crippen LogP contribution in [0.25, 0.3) is 0 Å². The minimum absolute atomic E-state index is 0.0795. The van der Waals surface area contributed by atoms with E-state index in [1.54, 1.807) is 0 Å². The minimum Gasteiger partial charge on any atom is -0.349 e. The monoisotopic (exact) mass is 266 g/mol. The third kappa shape index (κ3) is 3.27. The fourth-order valence-corrected chi connectivity index (χ4v) is 2.31. The fourth-order valence-electron chi connectivity index (χ4n) is 2.31. The summed E-state index contributed by atoms with van der Waals surface area (Å²) in [5, 5.41) is 13.3. The zero-order valence-corrected chi connectivity index (χ0v) is 10.4. The first-order valence-corrected chi connectivity index (χ1v) is 6.33. The van der Waals surface area contributed by atoms with Crippen LogP contribution >= 0.6 is 0 Å². The molecule has 1 aliphatic carbocycles. The molecule has 2 rings (SSSR count). The van der Waals surface area contributed by atoms with Crippen molar-refractivity contribution in [1.82, 2.24) is 5.32 Å². The number of amides is 1. The summed E-state index contributed by atoms with van der Waals surface area (Å²) in [4.78, 5) is 21.7. The predicted molar refractivity (Wildman–Crippen MR) is 67.4 cm³/mol. The van der Waals surface area contributed by atoms with Gasteiger partial charge in [0, 0.05) is 12.1 Å². The topological polar surface area (TPSA) is 72.2 Å². The normalized spacial score (nSPS) is 16.1. The van der Waals surface area contributed by atoms with E-state index in [0.717, 1.165) is 50.3 Å². The Morgan fingerprint density at radius 3 is 2.58 bits per heavy atom. The Kier molecular flexibility index (Phi) is 4.09. The van der Waals surface area contributed by atoms with E-state index >= 15 is 0 Å². The van der Waals surface area contributed by atoms with Crippen molar-refractivity contribution in [2.45, 2.75) is 38.1 Å². The van der Waals surface area contributed by atoms with E-state index in [0.29, 0.717) is 0 Å². The highest BCUT2D eigenvalue weighted by Crippen LogP contribution is 2.20. The van der Waals surface area contributed by atoms with Gasteiger partial charge in [0.2, 0.25) is 0 Å². The standard InChI is InChI=1S/C13H15FN2O3/c14-12-8-10(16(18)19)6-7-11(12)13(17)15-9-4-2-1-3-5-9/h6-9H,1-5H2,(H,15,17). The zero-order chi connectivity index (χ0) is 13.8. The smallest absolute Gasteiger partial charge is 0.272 e. The quantitative estimate of drug-likeness (QED) is 0.675. The molecule has 0 spiro atoms. The lowest BCUT2D eigenvalue weighted by molar-refractivity contribution is -0.385. The summed E-state index contributed by atoms with van der Waals surface area (Å²) >= 11 is 0. The van der Waals surface area contributed by atoms with E-state index in [9.17, 15) is 19.3 Å². The Labute approximate surface area is 110 Å². The average molecular weight is 266 g/mol. The molecule has 1 fully saturated rings. The number of rotatable bonds is 3. The van der Waals surface area contributed by atoms with Gasteiger partial charge in [-0.25, -0.2) is 4.39 Å². The Morgan fingerprint density at radius 1 is 1.32 bits per heavy atom. The SMILES string of the molecule is O=C(NC1CCCCC1)c1ccc([N+](=O)[O-])cc1F. The number of halogens is 1. The lowest BCUT2D eigenvalue weighted by atomic mass is 9.95. The summed E-state index contributed by atoms with van der Waals surface area (Å²) in [5.41, 5.74) is -0.497. The van der Waals surface area contributed by atoms with Gasteiger partial charge in [-0.3, -0.25) is 14.9 Å². The number of nitrogens with zero attached hydrogens (tertiary/aromatic N) is 1. The molecule has 0 atom stereocenters. The summed E-state index contributed by atoms with van der Waals surface area (Å²) in [7, 11) is 0. The van der Waals surface area contributed by atoms with Gasteiger partial charge in [-0.1, -0.05) is 19.3 Å². The minimum atomic E-state index is -0.859. The highest BCUT2D eigenvalue weighted by molar-refractivity contribution is 5.94. The van der Waals surface area contributed by atoms with E-state index in [2.05, 4.69) is 5.32 Å². The third-order valence-corrected chi connectivity index (χ3v) is 3.35. The van der Waals surface area contributed by atoms with Gasteiger partial charge in [-0.05, 0) is 18.9 Å². The number of carbonyl (C=O) groups is 1.